The summed E-state index contributed by atoms with van der Waals surface area (Å²) in [6.07, 6.45) is -8.94. The van der Waals surface area contributed by atoms with Crippen molar-refractivity contribution in [3.8, 4) is 11.5 Å². The number of amides is 2. The molecule has 46 heavy (non-hydrogen) atoms. The summed E-state index contributed by atoms with van der Waals surface area (Å²) in [6.45, 7) is 3.04. The summed E-state index contributed by atoms with van der Waals surface area (Å²) in [5.41, 5.74) is -2.90. The van der Waals surface area contributed by atoms with Crippen LogP contribution in [0.4, 0.5) is 41.6 Å². The maximum atomic E-state index is 13.6. The smallest absolute Gasteiger partial charge is 0.416 e. The molecule has 9 nitrogen and oxygen atoms in total. The van der Waals surface area contributed by atoms with Crippen LogP contribution in [0.25, 0.3) is 0 Å². The highest BCUT2D eigenvalue weighted by molar-refractivity contribution is 5.91. The number of nitrogens with zero attached hydrogens (tertiary/aromatic N) is 2. The fraction of sp³-hybridized carbons (Fsp3) is 0.548. The zero-order chi connectivity index (χ0) is 34.2. The molecule has 0 bridgehead atoms. The topological polar surface area (TPSA) is 97.8 Å². The lowest BCUT2D eigenvalue weighted by atomic mass is 9.90. The van der Waals surface area contributed by atoms with E-state index in [1.165, 1.54) is 24.1 Å². The lowest BCUT2D eigenvalue weighted by molar-refractivity contribution is -0.143. The van der Waals surface area contributed by atoms with E-state index < -0.39 is 59.9 Å². The molecule has 0 saturated heterocycles. The molecule has 0 aliphatic carbocycles. The van der Waals surface area contributed by atoms with Gasteiger partial charge in [0.15, 0.2) is 11.5 Å². The first-order valence-corrected chi connectivity index (χ1v) is 14.7. The third-order valence-corrected chi connectivity index (χ3v) is 7.50. The number of carbonyl (C=O) groups is 2. The molecule has 2 aromatic rings. The Kier molecular flexibility index (Phi) is 12.4. The molecule has 0 radical (unpaired) electrons. The van der Waals surface area contributed by atoms with Crippen LogP contribution < -0.4 is 14.4 Å². The van der Waals surface area contributed by atoms with Gasteiger partial charge >= 0.3 is 24.5 Å². The van der Waals surface area contributed by atoms with E-state index in [9.17, 15) is 35.9 Å². The van der Waals surface area contributed by atoms with Crippen LogP contribution in [0.2, 0.25) is 0 Å². The van der Waals surface area contributed by atoms with Crippen LogP contribution in [-0.2, 0) is 28.4 Å². The quantitative estimate of drug-likeness (QED) is 0.183. The van der Waals surface area contributed by atoms with Crippen molar-refractivity contribution in [2.75, 3.05) is 38.9 Å². The number of benzene rings is 2. The van der Waals surface area contributed by atoms with Crippen LogP contribution in [0.5, 0.6) is 11.5 Å². The second kappa shape index (κ2) is 15.6. The van der Waals surface area contributed by atoms with Gasteiger partial charge in [-0.15, -0.1) is 0 Å². The van der Waals surface area contributed by atoms with E-state index in [1.54, 1.807) is 13.8 Å². The van der Waals surface area contributed by atoms with Crippen LogP contribution in [0.3, 0.4) is 0 Å². The predicted molar refractivity (Wildman–Crippen MR) is 155 cm³/mol. The maximum absolute atomic E-state index is 13.6. The number of rotatable bonds is 12. The lowest BCUT2D eigenvalue weighted by Crippen LogP contribution is -2.47. The number of aliphatic hydroxyl groups excluding tert-OH is 1. The van der Waals surface area contributed by atoms with E-state index in [0.29, 0.717) is 30.5 Å². The van der Waals surface area contributed by atoms with Gasteiger partial charge in [0.1, 0.15) is 0 Å². The first-order chi connectivity index (χ1) is 21.7. The molecule has 0 spiro atoms. The minimum Gasteiger partial charge on any atom is -0.493 e. The fourth-order valence-electron chi connectivity index (χ4n) is 5.35. The molecule has 0 aromatic heterocycles. The first-order valence-electron chi connectivity index (χ1n) is 14.7. The van der Waals surface area contributed by atoms with Crippen molar-refractivity contribution >= 4 is 17.9 Å². The highest BCUT2D eigenvalue weighted by Crippen LogP contribution is 2.47. The summed E-state index contributed by atoms with van der Waals surface area (Å²) in [7, 11) is 2.41. The second-order valence-electron chi connectivity index (χ2n) is 10.7. The fourth-order valence-corrected chi connectivity index (χ4v) is 5.35. The highest BCUT2D eigenvalue weighted by atomic mass is 19.4. The van der Waals surface area contributed by atoms with Crippen LogP contribution in [0.1, 0.15) is 74.2 Å². The van der Waals surface area contributed by atoms with Crippen molar-refractivity contribution in [2.45, 2.75) is 76.9 Å². The van der Waals surface area contributed by atoms with Crippen molar-refractivity contribution in [3.63, 3.8) is 0 Å². The number of fused-ring (bicyclic) bond motifs is 1. The Morgan fingerprint density at radius 1 is 0.935 bits per heavy atom. The van der Waals surface area contributed by atoms with Crippen molar-refractivity contribution in [2.24, 2.45) is 0 Å². The second-order valence-corrected chi connectivity index (χ2v) is 10.7. The number of hydrogen-bond donors (Lipinski definition) is 1. The molecule has 1 aliphatic rings. The average Bonchev–Trinajstić information content (AvgIpc) is 2.99. The molecule has 15 heteroatoms. The number of alkyl halides is 6. The van der Waals surface area contributed by atoms with Crippen molar-refractivity contribution < 1.29 is 60.0 Å². The van der Waals surface area contributed by atoms with Crippen molar-refractivity contribution in [1.29, 1.82) is 0 Å². The summed E-state index contributed by atoms with van der Waals surface area (Å²) in [5, 5.41) is 8.98. The average molecular weight is 665 g/mol. The monoisotopic (exact) mass is 664 g/mol. The predicted octanol–water partition coefficient (Wildman–Crippen LogP) is 7.73. The van der Waals surface area contributed by atoms with Gasteiger partial charge in [-0.05, 0) is 69.4 Å². The Labute approximate surface area is 263 Å². The Hall–Kier alpha value is -3.88. The van der Waals surface area contributed by atoms with Gasteiger partial charge in [-0.25, -0.2) is 9.59 Å². The molecule has 256 valence electrons. The number of anilines is 1. The molecule has 2 aromatic carbocycles. The molecule has 0 fully saturated rings. The molecular formula is C31H38F6N2O7. The summed E-state index contributed by atoms with van der Waals surface area (Å²) in [6, 6.07) is 2.55. The van der Waals surface area contributed by atoms with Gasteiger partial charge in [0.05, 0.1) is 50.3 Å². The molecule has 2 amide bonds. The molecule has 1 heterocycles. The van der Waals surface area contributed by atoms with E-state index >= 15 is 0 Å². The maximum Gasteiger partial charge on any atom is 0.416 e. The van der Waals surface area contributed by atoms with Gasteiger partial charge in [0, 0.05) is 30.8 Å². The van der Waals surface area contributed by atoms with E-state index in [4.69, 9.17) is 24.1 Å². The SMILES string of the molecule is CCOC(=O)N1c2cc(OCCCCCCO)c(OC)cc2[C@H](N(Cc2cc(C(F)(F)F)cc(C(F)(F)F)c2)C(=O)OC)C[C@@H]1C. The molecule has 0 saturated carbocycles. The van der Waals surface area contributed by atoms with E-state index in [2.05, 4.69) is 0 Å². The Morgan fingerprint density at radius 3 is 2.11 bits per heavy atom. The number of ether oxygens (including phenoxy) is 4. The van der Waals surface area contributed by atoms with Gasteiger partial charge in [-0.1, -0.05) is 6.42 Å². The van der Waals surface area contributed by atoms with Crippen LogP contribution in [0.15, 0.2) is 30.3 Å². The third kappa shape index (κ3) is 8.89. The number of unbranched alkanes of at least 4 members (excludes halogenated alkanes) is 3. The summed E-state index contributed by atoms with van der Waals surface area (Å²) in [5.74, 6) is 0.489. The molecule has 2 atom stereocenters. The molecular weight excluding hydrogens is 626 g/mol. The number of halogens is 6. The Bertz CT molecular complexity index is 1320. The standard InChI is InChI=1S/C31H38F6N2O7/c1-5-45-29(42)39-19(2)12-24(23-16-26(43-3)27(17-25(23)39)46-11-9-7-6-8-10-40)38(28(41)44-4)18-20-13-21(30(32,33)34)15-22(14-20)31(35,36)37/h13-17,19,24,40H,5-12,18H2,1-4H3/t19-,24+/m0/s1. The number of hydrogen-bond acceptors (Lipinski definition) is 7. The van der Waals surface area contributed by atoms with E-state index in [0.717, 1.165) is 24.9 Å². The minimum atomic E-state index is -5.08. The number of aliphatic hydroxyl groups is 1. The van der Waals surface area contributed by atoms with Gasteiger partial charge in [0.25, 0.3) is 0 Å². The van der Waals surface area contributed by atoms with E-state index in [1.807, 2.05) is 0 Å². The van der Waals surface area contributed by atoms with Gasteiger partial charge in [-0.2, -0.15) is 26.3 Å². The third-order valence-electron chi connectivity index (χ3n) is 7.50. The number of carbonyl (C=O) groups excluding carboxylic acids is 2. The zero-order valence-corrected chi connectivity index (χ0v) is 26.0. The van der Waals surface area contributed by atoms with Gasteiger partial charge in [0.2, 0.25) is 0 Å². The summed E-state index contributed by atoms with van der Waals surface area (Å²) in [4.78, 5) is 28.7. The Balaban J connectivity index is 2.13. The van der Waals surface area contributed by atoms with Crippen molar-refractivity contribution in [1.82, 2.24) is 4.90 Å². The lowest BCUT2D eigenvalue weighted by Gasteiger charge is -2.42. The van der Waals surface area contributed by atoms with Crippen LogP contribution in [-0.4, -0.2) is 62.3 Å². The Morgan fingerprint density at radius 2 is 1.57 bits per heavy atom. The minimum absolute atomic E-state index is 0.0141. The highest BCUT2D eigenvalue weighted by Gasteiger charge is 2.42. The van der Waals surface area contributed by atoms with Crippen LogP contribution in [0, 0.1) is 0 Å². The van der Waals surface area contributed by atoms with Crippen LogP contribution >= 0.6 is 0 Å². The zero-order valence-electron chi connectivity index (χ0n) is 26.0. The number of methoxy groups -OCH3 is 2. The molecule has 3 rings (SSSR count). The van der Waals surface area contributed by atoms with Gasteiger partial charge in [-0.3, -0.25) is 9.80 Å². The largest absolute Gasteiger partial charge is 0.493 e. The molecule has 0 unspecified atom stereocenters. The summed E-state index contributed by atoms with van der Waals surface area (Å²) >= 11 is 0. The summed E-state index contributed by atoms with van der Waals surface area (Å²) < 4.78 is 103. The normalized spacial score (nSPS) is 16.5. The molecule has 1 N–H and O–H groups in total. The van der Waals surface area contributed by atoms with Gasteiger partial charge < -0.3 is 24.1 Å². The van der Waals surface area contributed by atoms with Crippen molar-refractivity contribution in [3.05, 3.63) is 52.6 Å². The van der Waals surface area contributed by atoms with E-state index in [-0.39, 0.29) is 49.5 Å². The first kappa shape index (κ1) is 36.6. The molecule has 1 aliphatic heterocycles.